The monoisotopic (exact) mass is 157 g/mol. The van der Waals surface area contributed by atoms with Gasteiger partial charge in [0.15, 0.2) is 0 Å². The minimum atomic E-state index is 0.895. The molecule has 1 heteroatoms. The van der Waals surface area contributed by atoms with Gasteiger partial charge in [-0.25, -0.2) is 0 Å². The lowest BCUT2D eigenvalue weighted by Crippen LogP contribution is -1.70. The van der Waals surface area contributed by atoms with Gasteiger partial charge in [0.05, 0.1) is 5.69 Å². The van der Waals surface area contributed by atoms with Crippen LogP contribution in [0.4, 0.5) is 5.69 Å². The summed E-state index contributed by atoms with van der Waals surface area (Å²) in [7, 11) is 0. The summed E-state index contributed by atoms with van der Waals surface area (Å²) in [4.78, 5) is 3.89. The number of hydrogen-bond acceptors (Lipinski definition) is 1. The zero-order valence-electron chi connectivity index (χ0n) is 7.12. The highest BCUT2D eigenvalue weighted by atomic mass is 14.7. The van der Waals surface area contributed by atoms with E-state index in [0.717, 1.165) is 11.3 Å². The number of rotatable bonds is 2. The molecule has 0 aliphatic rings. The molecule has 0 unspecified atom stereocenters. The zero-order valence-corrected chi connectivity index (χ0v) is 7.12. The molecule has 60 valence electrons. The standard InChI is InChI=1S/C11H11N/c1-3-4-7-10-8-5-6-9-11(10)12-2/h3,5-9H,2H2,1H3. The van der Waals surface area contributed by atoms with Crippen molar-refractivity contribution in [1.82, 2.24) is 0 Å². The molecular weight excluding hydrogens is 146 g/mol. The van der Waals surface area contributed by atoms with Gasteiger partial charge in [-0.1, -0.05) is 18.2 Å². The number of nitrogens with zero attached hydrogens (tertiary/aromatic N) is 1. The second-order valence-corrected chi connectivity index (χ2v) is 2.32. The molecule has 0 N–H and O–H groups in total. The van der Waals surface area contributed by atoms with E-state index in [4.69, 9.17) is 0 Å². The lowest BCUT2D eigenvalue weighted by molar-refractivity contribution is 1.52. The topological polar surface area (TPSA) is 12.4 Å². The lowest BCUT2D eigenvalue weighted by Gasteiger charge is -1.95. The van der Waals surface area contributed by atoms with E-state index < -0.39 is 0 Å². The van der Waals surface area contributed by atoms with Crippen LogP contribution in [0.15, 0.2) is 41.1 Å². The molecule has 0 heterocycles. The maximum atomic E-state index is 3.89. The number of para-hydroxylation sites is 1. The Kier molecular flexibility index (Phi) is 3.06. The first-order chi connectivity index (χ1) is 5.88. The third kappa shape index (κ3) is 1.94. The van der Waals surface area contributed by atoms with Crippen molar-refractivity contribution in [2.24, 2.45) is 4.99 Å². The van der Waals surface area contributed by atoms with Gasteiger partial charge in [0.1, 0.15) is 0 Å². The van der Waals surface area contributed by atoms with Gasteiger partial charge < -0.3 is 0 Å². The third-order valence-corrected chi connectivity index (χ3v) is 1.51. The van der Waals surface area contributed by atoms with Crippen LogP contribution in [-0.2, 0) is 0 Å². The first kappa shape index (κ1) is 8.51. The molecule has 0 amide bonds. The third-order valence-electron chi connectivity index (χ3n) is 1.51. The lowest BCUT2D eigenvalue weighted by atomic mass is 10.2. The van der Waals surface area contributed by atoms with E-state index in [9.17, 15) is 0 Å². The van der Waals surface area contributed by atoms with E-state index in [0.29, 0.717) is 0 Å². The molecule has 0 radical (unpaired) electrons. The van der Waals surface area contributed by atoms with E-state index in [1.165, 1.54) is 0 Å². The highest BCUT2D eigenvalue weighted by Crippen LogP contribution is 2.18. The van der Waals surface area contributed by atoms with Gasteiger partial charge in [0.2, 0.25) is 0 Å². The van der Waals surface area contributed by atoms with Crippen molar-refractivity contribution in [2.75, 3.05) is 0 Å². The molecule has 0 saturated heterocycles. The fourth-order valence-corrected chi connectivity index (χ4v) is 0.927. The van der Waals surface area contributed by atoms with Crippen molar-refractivity contribution in [3.63, 3.8) is 0 Å². The van der Waals surface area contributed by atoms with Gasteiger partial charge in [0, 0.05) is 5.56 Å². The molecule has 0 spiro atoms. The van der Waals surface area contributed by atoms with E-state index >= 15 is 0 Å². The predicted molar refractivity (Wildman–Crippen MR) is 53.9 cm³/mol. The van der Waals surface area contributed by atoms with Crippen LogP contribution in [-0.4, -0.2) is 6.72 Å². The Morgan fingerprint density at radius 1 is 1.42 bits per heavy atom. The molecule has 1 aromatic rings. The Morgan fingerprint density at radius 2 is 2.17 bits per heavy atom. The van der Waals surface area contributed by atoms with Crippen molar-refractivity contribution in [2.45, 2.75) is 6.92 Å². The van der Waals surface area contributed by atoms with Gasteiger partial charge in [0.25, 0.3) is 0 Å². The van der Waals surface area contributed by atoms with E-state index in [2.05, 4.69) is 17.4 Å². The van der Waals surface area contributed by atoms with E-state index in [1.807, 2.05) is 43.3 Å². The van der Waals surface area contributed by atoms with Gasteiger partial charge in [-0.05, 0) is 31.9 Å². The summed E-state index contributed by atoms with van der Waals surface area (Å²) in [6.45, 7) is 5.42. The summed E-state index contributed by atoms with van der Waals surface area (Å²) < 4.78 is 0. The highest BCUT2D eigenvalue weighted by Gasteiger charge is 1.92. The number of benzene rings is 1. The second kappa shape index (κ2) is 4.32. The van der Waals surface area contributed by atoms with Crippen LogP contribution >= 0.6 is 0 Å². The fraction of sp³-hybridized carbons (Fsp3) is 0.0909. The summed E-state index contributed by atoms with van der Waals surface area (Å²) in [6.07, 6.45) is 3.75. The predicted octanol–water partition coefficient (Wildman–Crippen LogP) is 3.21. The van der Waals surface area contributed by atoms with Crippen molar-refractivity contribution >= 4 is 18.5 Å². The first-order valence-electron chi connectivity index (χ1n) is 3.81. The largest absolute Gasteiger partial charge is 0.264 e. The van der Waals surface area contributed by atoms with E-state index in [-0.39, 0.29) is 0 Å². The minimum Gasteiger partial charge on any atom is -0.264 e. The normalized spacial score (nSPS) is 8.42. The average Bonchev–Trinajstić information content (AvgIpc) is 2.15. The fourth-order valence-electron chi connectivity index (χ4n) is 0.927. The maximum absolute atomic E-state index is 3.89. The summed E-state index contributed by atoms with van der Waals surface area (Å²) >= 11 is 0. The van der Waals surface area contributed by atoms with Crippen molar-refractivity contribution in [3.05, 3.63) is 41.6 Å². The van der Waals surface area contributed by atoms with Crippen LogP contribution in [0.5, 0.6) is 0 Å². The van der Waals surface area contributed by atoms with Crippen molar-refractivity contribution in [3.8, 4) is 0 Å². The summed E-state index contributed by atoms with van der Waals surface area (Å²) in [6, 6.07) is 7.82. The molecule has 0 saturated carbocycles. The average molecular weight is 157 g/mol. The van der Waals surface area contributed by atoms with Crippen molar-refractivity contribution in [1.29, 1.82) is 0 Å². The first-order valence-corrected chi connectivity index (χ1v) is 3.81. The number of allylic oxidation sites excluding steroid dienone is 1. The minimum absolute atomic E-state index is 0.895. The summed E-state index contributed by atoms with van der Waals surface area (Å²) in [5, 5.41) is 0. The smallest absolute Gasteiger partial charge is 0.0700 e. The van der Waals surface area contributed by atoms with Crippen molar-refractivity contribution < 1.29 is 0 Å². The van der Waals surface area contributed by atoms with Crippen LogP contribution in [0, 0.1) is 0 Å². The van der Waals surface area contributed by atoms with Gasteiger partial charge >= 0.3 is 0 Å². The Morgan fingerprint density at radius 3 is 2.83 bits per heavy atom. The van der Waals surface area contributed by atoms with Crippen LogP contribution in [0.3, 0.4) is 0 Å². The molecule has 0 aliphatic carbocycles. The van der Waals surface area contributed by atoms with Crippen LogP contribution in [0.2, 0.25) is 0 Å². The van der Waals surface area contributed by atoms with Gasteiger partial charge in [-0.15, -0.1) is 5.73 Å². The van der Waals surface area contributed by atoms with Gasteiger partial charge in [-0.2, -0.15) is 0 Å². The Bertz CT molecular complexity index is 331. The SMILES string of the molecule is C=Nc1ccccc1C=C=CC. The molecule has 0 fully saturated rings. The van der Waals surface area contributed by atoms with Crippen LogP contribution < -0.4 is 0 Å². The Hall–Kier alpha value is -1.59. The Balaban J connectivity index is 3.13. The van der Waals surface area contributed by atoms with Gasteiger partial charge in [-0.3, -0.25) is 4.99 Å². The van der Waals surface area contributed by atoms with E-state index in [1.54, 1.807) is 0 Å². The maximum Gasteiger partial charge on any atom is 0.0700 e. The number of hydrogen-bond donors (Lipinski definition) is 0. The molecule has 1 rings (SSSR count). The molecule has 0 bridgehead atoms. The molecule has 0 aliphatic heterocycles. The molecular formula is C11H11N. The second-order valence-electron chi connectivity index (χ2n) is 2.32. The molecule has 0 aromatic heterocycles. The van der Waals surface area contributed by atoms with Crippen LogP contribution in [0.25, 0.3) is 6.08 Å². The zero-order chi connectivity index (χ0) is 8.81. The van der Waals surface area contributed by atoms with Crippen LogP contribution in [0.1, 0.15) is 12.5 Å². The quantitative estimate of drug-likeness (QED) is 0.461. The summed E-state index contributed by atoms with van der Waals surface area (Å²) in [5.41, 5.74) is 4.94. The molecule has 12 heavy (non-hydrogen) atoms. The number of aliphatic imine (C=N–C) groups is 1. The Labute approximate surface area is 72.8 Å². The molecule has 0 atom stereocenters. The molecule has 1 nitrogen and oxygen atoms in total. The molecule has 1 aromatic carbocycles. The highest BCUT2D eigenvalue weighted by molar-refractivity contribution is 5.65. The summed E-state index contributed by atoms with van der Waals surface area (Å²) in [5.74, 6) is 0.